The molecule has 0 aliphatic carbocycles. The molecule has 0 saturated heterocycles. The van der Waals surface area contributed by atoms with Crippen LogP contribution in [0.3, 0.4) is 0 Å². The van der Waals surface area contributed by atoms with Crippen LogP contribution < -0.4 is 5.32 Å². The van der Waals surface area contributed by atoms with Gasteiger partial charge in [-0.15, -0.1) is 0 Å². The number of allylic oxidation sites excluding steroid dienone is 1. The van der Waals surface area contributed by atoms with Gasteiger partial charge in [0.1, 0.15) is 6.54 Å². The van der Waals surface area contributed by atoms with Gasteiger partial charge in [-0.3, -0.25) is 9.59 Å². The van der Waals surface area contributed by atoms with E-state index in [2.05, 4.69) is 10.1 Å². The van der Waals surface area contributed by atoms with Crippen LogP contribution in [0.1, 0.15) is 27.2 Å². The second kappa shape index (κ2) is 7.12. The van der Waals surface area contributed by atoms with Crippen LogP contribution in [0.2, 0.25) is 0 Å². The van der Waals surface area contributed by atoms with E-state index in [1.54, 1.807) is 19.9 Å². The first-order chi connectivity index (χ1) is 6.61. The third-order valence-electron chi connectivity index (χ3n) is 1.57. The molecule has 0 aromatic heterocycles. The summed E-state index contributed by atoms with van der Waals surface area (Å²) in [6.07, 6.45) is 2.61. The van der Waals surface area contributed by atoms with Gasteiger partial charge in [0, 0.05) is 5.57 Å². The summed E-state index contributed by atoms with van der Waals surface area (Å²) in [4.78, 5) is 22.1. The molecule has 0 spiro atoms. The summed E-state index contributed by atoms with van der Waals surface area (Å²) < 4.78 is 4.66. The molecule has 4 nitrogen and oxygen atoms in total. The number of carbonyl (C=O) groups excluding carboxylic acids is 2. The van der Waals surface area contributed by atoms with Crippen molar-refractivity contribution in [3.05, 3.63) is 11.6 Å². The molecule has 1 N–H and O–H groups in total. The van der Waals surface area contributed by atoms with E-state index in [4.69, 9.17) is 0 Å². The zero-order chi connectivity index (χ0) is 11.0. The summed E-state index contributed by atoms with van der Waals surface area (Å²) in [5.41, 5.74) is 0.622. The molecule has 14 heavy (non-hydrogen) atoms. The standard InChI is InChI=1S/C10H17NO3/c1-4-6-8(3)10(13)11-7-9(12)14-5-2/h6H,4-5,7H2,1-3H3,(H,11,13)/b8-6+. The minimum Gasteiger partial charge on any atom is -0.465 e. The fourth-order valence-electron chi connectivity index (χ4n) is 0.903. The van der Waals surface area contributed by atoms with Gasteiger partial charge in [0.2, 0.25) is 5.91 Å². The van der Waals surface area contributed by atoms with Gasteiger partial charge >= 0.3 is 5.97 Å². The van der Waals surface area contributed by atoms with Crippen LogP contribution in [0.25, 0.3) is 0 Å². The summed E-state index contributed by atoms with van der Waals surface area (Å²) in [7, 11) is 0. The summed E-state index contributed by atoms with van der Waals surface area (Å²) in [6.45, 7) is 5.65. The topological polar surface area (TPSA) is 55.4 Å². The van der Waals surface area contributed by atoms with E-state index in [1.807, 2.05) is 6.92 Å². The Labute approximate surface area is 84.3 Å². The predicted molar refractivity (Wildman–Crippen MR) is 53.7 cm³/mol. The van der Waals surface area contributed by atoms with E-state index >= 15 is 0 Å². The Morgan fingerprint density at radius 1 is 1.36 bits per heavy atom. The van der Waals surface area contributed by atoms with Crippen molar-refractivity contribution in [1.29, 1.82) is 0 Å². The monoisotopic (exact) mass is 199 g/mol. The highest BCUT2D eigenvalue weighted by Gasteiger charge is 2.06. The van der Waals surface area contributed by atoms with Gasteiger partial charge in [0.05, 0.1) is 6.61 Å². The van der Waals surface area contributed by atoms with Crippen LogP contribution >= 0.6 is 0 Å². The van der Waals surface area contributed by atoms with E-state index in [1.165, 1.54) is 0 Å². The molecule has 0 heterocycles. The van der Waals surface area contributed by atoms with Crippen molar-refractivity contribution < 1.29 is 14.3 Å². The summed E-state index contributed by atoms with van der Waals surface area (Å²) >= 11 is 0. The van der Waals surface area contributed by atoms with Crippen LogP contribution in [-0.2, 0) is 14.3 Å². The summed E-state index contributed by atoms with van der Waals surface area (Å²) in [5, 5.41) is 2.47. The zero-order valence-corrected chi connectivity index (χ0v) is 8.92. The smallest absolute Gasteiger partial charge is 0.325 e. The third-order valence-corrected chi connectivity index (χ3v) is 1.57. The largest absolute Gasteiger partial charge is 0.465 e. The van der Waals surface area contributed by atoms with Crippen molar-refractivity contribution in [2.45, 2.75) is 27.2 Å². The van der Waals surface area contributed by atoms with Crippen LogP contribution in [0.5, 0.6) is 0 Å². The van der Waals surface area contributed by atoms with Crippen molar-refractivity contribution >= 4 is 11.9 Å². The van der Waals surface area contributed by atoms with Crippen molar-refractivity contribution in [2.24, 2.45) is 0 Å². The van der Waals surface area contributed by atoms with Crippen molar-refractivity contribution in [3.63, 3.8) is 0 Å². The molecule has 1 amide bonds. The van der Waals surface area contributed by atoms with Gasteiger partial charge in [0.15, 0.2) is 0 Å². The lowest BCUT2D eigenvalue weighted by atomic mass is 10.2. The molecule has 4 heteroatoms. The quantitative estimate of drug-likeness (QED) is 0.531. The van der Waals surface area contributed by atoms with Gasteiger partial charge in [-0.05, 0) is 20.3 Å². The summed E-state index contributed by atoms with van der Waals surface area (Å²) in [5.74, 6) is -0.634. The average Bonchev–Trinajstić information content (AvgIpc) is 2.15. The highest BCUT2D eigenvalue weighted by Crippen LogP contribution is 1.94. The zero-order valence-electron chi connectivity index (χ0n) is 8.92. The molecule has 0 aliphatic rings. The van der Waals surface area contributed by atoms with Gasteiger partial charge in [-0.1, -0.05) is 13.0 Å². The first kappa shape index (κ1) is 12.7. The number of hydrogen-bond acceptors (Lipinski definition) is 3. The van der Waals surface area contributed by atoms with Crippen LogP contribution in [-0.4, -0.2) is 25.0 Å². The Balaban J connectivity index is 3.85. The highest BCUT2D eigenvalue weighted by atomic mass is 16.5. The van der Waals surface area contributed by atoms with Crippen molar-refractivity contribution in [3.8, 4) is 0 Å². The number of ether oxygens (including phenoxy) is 1. The fourth-order valence-corrected chi connectivity index (χ4v) is 0.903. The number of hydrogen-bond donors (Lipinski definition) is 1. The van der Waals surface area contributed by atoms with E-state index in [0.717, 1.165) is 6.42 Å². The minimum atomic E-state index is -0.412. The Bertz CT molecular complexity index is 234. The molecule has 0 rings (SSSR count). The van der Waals surface area contributed by atoms with E-state index < -0.39 is 5.97 Å². The lowest BCUT2D eigenvalue weighted by molar-refractivity contribution is -0.143. The molecule has 0 aromatic carbocycles. The Kier molecular flexibility index (Phi) is 6.45. The lowest BCUT2D eigenvalue weighted by Gasteiger charge is -2.04. The molecule has 80 valence electrons. The van der Waals surface area contributed by atoms with E-state index in [9.17, 15) is 9.59 Å². The molecule has 0 saturated carbocycles. The Hall–Kier alpha value is -1.32. The van der Waals surface area contributed by atoms with Gasteiger partial charge in [-0.2, -0.15) is 0 Å². The first-order valence-electron chi connectivity index (χ1n) is 4.72. The molecular formula is C10H17NO3. The van der Waals surface area contributed by atoms with Gasteiger partial charge in [-0.25, -0.2) is 0 Å². The molecular weight excluding hydrogens is 182 g/mol. The van der Waals surface area contributed by atoms with E-state index in [0.29, 0.717) is 12.2 Å². The number of rotatable bonds is 5. The fraction of sp³-hybridized carbons (Fsp3) is 0.600. The maximum absolute atomic E-state index is 11.3. The first-order valence-corrected chi connectivity index (χ1v) is 4.72. The molecule has 0 aliphatic heterocycles. The van der Waals surface area contributed by atoms with E-state index in [-0.39, 0.29) is 12.5 Å². The normalized spacial score (nSPS) is 10.9. The second-order valence-electron chi connectivity index (χ2n) is 2.78. The second-order valence-corrected chi connectivity index (χ2v) is 2.78. The average molecular weight is 199 g/mol. The predicted octanol–water partition coefficient (Wildman–Crippen LogP) is 1.02. The Morgan fingerprint density at radius 2 is 2.00 bits per heavy atom. The third kappa shape index (κ3) is 5.35. The van der Waals surface area contributed by atoms with Crippen molar-refractivity contribution in [1.82, 2.24) is 5.32 Å². The van der Waals surface area contributed by atoms with Crippen LogP contribution in [0, 0.1) is 0 Å². The van der Waals surface area contributed by atoms with Gasteiger partial charge < -0.3 is 10.1 Å². The number of carbonyl (C=O) groups is 2. The maximum atomic E-state index is 11.3. The minimum absolute atomic E-state index is 0.0679. The molecule has 0 aromatic rings. The number of nitrogens with one attached hydrogen (secondary N) is 1. The highest BCUT2D eigenvalue weighted by molar-refractivity contribution is 5.94. The molecule has 0 fully saturated rings. The SMILES string of the molecule is CC/C=C(\C)C(=O)NCC(=O)OCC. The molecule has 0 unspecified atom stereocenters. The molecule has 0 radical (unpaired) electrons. The number of amides is 1. The van der Waals surface area contributed by atoms with Gasteiger partial charge in [0.25, 0.3) is 0 Å². The van der Waals surface area contributed by atoms with Crippen molar-refractivity contribution in [2.75, 3.05) is 13.2 Å². The van der Waals surface area contributed by atoms with Crippen LogP contribution in [0.15, 0.2) is 11.6 Å². The lowest BCUT2D eigenvalue weighted by Crippen LogP contribution is -2.31. The molecule has 0 atom stereocenters. The molecule has 0 bridgehead atoms. The Morgan fingerprint density at radius 3 is 2.50 bits per heavy atom. The number of esters is 1. The van der Waals surface area contributed by atoms with Crippen LogP contribution in [0.4, 0.5) is 0 Å². The maximum Gasteiger partial charge on any atom is 0.325 e. The summed E-state index contributed by atoms with van der Waals surface area (Å²) in [6, 6.07) is 0.